The van der Waals surface area contributed by atoms with E-state index in [-0.39, 0.29) is 23.7 Å². The minimum absolute atomic E-state index is 0.0152. The van der Waals surface area contributed by atoms with Gasteiger partial charge >= 0.3 is 12.1 Å². The molecular formula is C18H20ClF3N2O3. The number of hydrogen-bond acceptors (Lipinski definition) is 4. The lowest BCUT2D eigenvalue weighted by Gasteiger charge is -2.13. The van der Waals surface area contributed by atoms with Crippen molar-refractivity contribution in [3.05, 3.63) is 34.5 Å². The van der Waals surface area contributed by atoms with Gasteiger partial charge in [0.05, 0.1) is 19.4 Å². The van der Waals surface area contributed by atoms with Crippen LogP contribution in [0.1, 0.15) is 36.3 Å². The molecule has 0 spiro atoms. The molecule has 148 valence electrons. The van der Waals surface area contributed by atoms with Gasteiger partial charge in [0.1, 0.15) is 10.8 Å². The number of carbonyl (C=O) groups excluding carboxylic acids is 1. The van der Waals surface area contributed by atoms with Crippen molar-refractivity contribution in [2.75, 3.05) is 13.7 Å². The molecule has 0 fully saturated rings. The SMILES string of the molecule is CCOC(=O)c1nn(CC)c(-c2ccc(CCC(F)(F)F)cc2OC)c1Cl. The normalized spacial score (nSPS) is 11.5. The molecule has 0 radical (unpaired) electrons. The maximum absolute atomic E-state index is 12.5. The maximum Gasteiger partial charge on any atom is 0.389 e. The molecule has 0 N–H and O–H groups in total. The summed E-state index contributed by atoms with van der Waals surface area (Å²) in [5.74, 6) is -0.293. The zero-order chi connectivity index (χ0) is 20.2. The highest BCUT2D eigenvalue weighted by molar-refractivity contribution is 6.36. The van der Waals surface area contributed by atoms with Crippen molar-refractivity contribution < 1.29 is 27.4 Å². The predicted octanol–water partition coefficient (Wildman–Crippen LogP) is 4.90. The summed E-state index contributed by atoms with van der Waals surface area (Å²) in [4.78, 5) is 12.0. The van der Waals surface area contributed by atoms with Gasteiger partial charge in [-0.05, 0) is 38.0 Å². The number of nitrogens with zero attached hydrogens (tertiary/aromatic N) is 2. The van der Waals surface area contributed by atoms with Crippen LogP contribution in [0.3, 0.4) is 0 Å². The lowest BCUT2D eigenvalue weighted by atomic mass is 10.0. The topological polar surface area (TPSA) is 53.3 Å². The van der Waals surface area contributed by atoms with E-state index in [1.165, 1.54) is 17.9 Å². The Balaban J connectivity index is 2.46. The number of carbonyl (C=O) groups is 1. The molecule has 9 heteroatoms. The van der Waals surface area contributed by atoms with Crippen LogP contribution in [-0.2, 0) is 17.7 Å². The Kier molecular flexibility index (Phi) is 6.75. The van der Waals surface area contributed by atoms with E-state index >= 15 is 0 Å². The quantitative estimate of drug-likeness (QED) is 0.616. The second kappa shape index (κ2) is 8.65. The fourth-order valence-electron chi connectivity index (χ4n) is 2.63. The third-order valence-corrected chi connectivity index (χ3v) is 4.24. The Morgan fingerprint density at radius 2 is 2.00 bits per heavy atom. The van der Waals surface area contributed by atoms with E-state index in [1.54, 1.807) is 19.1 Å². The molecule has 0 atom stereocenters. The van der Waals surface area contributed by atoms with Crippen LogP contribution >= 0.6 is 11.6 Å². The highest BCUT2D eigenvalue weighted by Crippen LogP contribution is 2.38. The van der Waals surface area contributed by atoms with Gasteiger partial charge in [-0.3, -0.25) is 4.68 Å². The summed E-state index contributed by atoms with van der Waals surface area (Å²) in [6, 6.07) is 4.74. The van der Waals surface area contributed by atoms with Crippen LogP contribution < -0.4 is 4.74 Å². The standard InChI is InChI=1S/C18H20ClF3N2O3/c1-4-24-16(14(19)15(23-24)17(25)27-5-2)12-7-6-11(10-13(12)26-3)8-9-18(20,21)22/h6-7,10H,4-5,8-9H2,1-3H3. The number of halogens is 4. The fraction of sp³-hybridized carbons (Fsp3) is 0.444. The van der Waals surface area contributed by atoms with E-state index in [4.69, 9.17) is 21.1 Å². The van der Waals surface area contributed by atoms with Crippen molar-refractivity contribution in [1.29, 1.82) is 0 Å². The molecule has 0 aliphatic heterocycles. The molecule has 0 saturated carbocycles. The Hall–Kier alpha value is -2.22. The molecule has 2 rings (SSSR count). The molecular weight excluding hydrogens is 385 g/mol. The fourth-order valence-corrected chi connectivity index (χ4v) is 2.94. The van der Waals surface area contributed by atoms with Crippen molar-refractivity contribution in [1.82, 2.24) is 9.78 Å². The number of ether oxygens (including phenoxy) is 2. The third-order valence-electron chi connectivity index (χ3n) is 3.88. The molecule has 0 aliphatic carbocycles. The van der Waals surface area contributed by atoms with Gasteiger partial charge in [-0.2, -0.15) is 18.3 Å². The molecule has 27 heavy (non-hydrogen) atoms. The molecule has 0 aliphatic rings. The second-order valence-electron chi connectivity index (χ2n) is 5.70. The maximum atomic E-state index is 12.5. The first-order valence-electron chi connectivity index (χ1n) is 8.39. The number of alkyl halides is 3. The second-order valence-corrected chi connectivity index (χ2v) is 6.08. The van der Waals surface area contributed by atoms with Crippen LogP contribution in [0, 0.1) is 0 Å². The van der Waals surface area contributed by atoms with E-state index in [1.807, 2.05) is 6.92 Å². The summed E-state index contributed by atoms with van der Waals surface area (Å²) in [5.41, 5.74) is 1.44. The smallest absolute Gasteiger partial charge is 0.389 e. The Bertz CT molecular complexity index is 819. The Labute approximate surface area is 160 Å². The summed E-state index contributed by atoms with van der Waals surface area (Å²) in [6.07, 6.45) is -5.31. The zero-order valence-electron chi connectivity index (χ0n) is 15.2. The van der Waals surface area contributed by atoms with Gasteiger partial charge < -0.3 is 9.47 Å². The zero-order valence-corrected chi connectivity index (χ0v) is 15.9. The average molecular weight is 405 g/mol. The molecule has 0 amide bonds. The highest BCUT2D eigenvalue weighted by atomic mass is 35.5. The van der Waals surface area contributed by atoms with Crippen LogP contribution in [0.2, 0.25) is 5.02 Å². The number of methoxy groups -OCH3 is 1. The third kappa shape index (κ3) is 4.94. The molecule has 0 saturated heterocycles. The van der Waals surface area contributed by atoms with Gasteiger partial charge in [-0.1, -0.05) is 17.7 Å². The molecule has 0 unspecified atom stereocenters. The summed E-state index contributed by atoms with van der Waals surface area (Å²) < 4.78 is 49.2. The first-order chi connectivity index (χ1) is 12.7. The Morgan fingerprint density at radius 3 is 2.56 bits per heavy atom. The number of esters is 1. The number of aryl methyl sites for hydroxylation is 2. The van der Waals surface area contributed by atoms with Gasteiger partial charge in [-0.15, -0.1) is 0 Å². The van der Waals surface area contributed by atoms with E-state index in [2.05, 4.69) is 5.10 Å². The largest absolute Gasteiger partial charge is 0.496 e. The van der Waals surface area contributed by atoms with Crippen molar-refractivity contribution >= 4 is 17.6 Å². The van der Waals surface area contributed by atoms with Crippen molar-refractivity contribution in [3.8, 4) is 17.0 Å². The minimum Gasteiger partial charge on any atom is -0.496 e. The summed E-state index contributed by atoms with van der Waals surface area (Å²) in [7, 11) is 1.42. The number of hydrogen-bond donors (Lipinski definition) is 0. The molecule has 2 aromatic rings. The molecule has 0 bridgehead atoms. The van der Waals surface area contributed by atoms with Gasteiger partial charge in [0, 0.05) is 18.5 Å². The van der Waals surface area contributed by atoms with Crippen molar-refractivity contribution in [3.63, 3.8) is 0 Å². The predicted molar refractivity (Wildman–Crippen MR) is 95.2 cm³/mol. The summed E-state index contributed by atoms with van der Waals surface area (Å²) in [6.45, 7) is 4.10. The van der Waals surface area contributed by atoms with Crippen LogP contribution in [0.25, 0.3) is 11.3 Å². The van der Waals surface area contributed by atoms with Crippen LogP contribution in [0.4, 0.5) is 13.2 Å². The average Bonchev–Trinajstić information content (AvgIpc) is 2.95. The lowest BCUT2D eigenvalue weighted by molar-refractivity contribution is -0.134. The van der Waals surface area contributed by atoms with Crippen LogP contribution in [0.5, 0.6) is 5.75 Å². The lowest BCUT2D eigenvalue weighted by Crippen LogP contribution is -2.08. The van der Waals surface area contributed by atoms with Crippen LogP contribution in [0.15, 0.2) is 18.2 Å². The van der Waals surface area contributed by atoms with Gasteiger partial charge in [-0.25, -0.2) is 4.79 Å². The Morgan fingerprint density at radius 1 is 1.30 bits per heavy atom. The molecule has 1 aromatic carbocycles. The van der Waals surface area contributed by atoms with Gasteiger partial charge in [0.25, 0.3) is 0 Å². The van der Waals surface area contributed by atoms with E-state index in [0.717, 1.165) is 0 Å². The first kappa shape index (κ1) is 21.1. The minimum atomic E-state index is -4.23. The number of benzene rings is 1. The van der Waals surface area contributed by atoms with E-state index < -0.39 is 18.6 Å². The molecule has 1 aromatic heterocycles. The van der Waals surface area contributed by atoms with E-state index in [0.29, 0.717) is 29.1 Å². The highest BCUT2D eigenvalue weighted by Gasteiger charge is 2.28. The number of aromatic nitrogens is 2. The van der Waals surface area contributed by atoms with Gasteiger partial charge in [0.15, 0.2) is 5.69 Å². The van der Waals surface area contributed by atoms with E-state index in [9.17, 15) is 18.0 Å². The van der Waals surface area contributed by atoms with Gasteiger partial charge in [0.2, 0.25) is 0 Å². The first-order valence-corrected chi connectivity index (χ1v) is 8.77. The summed E-state index contributed by atoms with van der Waals surface area (Å²) in [5, 5.41) is 4.30. The van der Waals surface area contributed by atoms with Crippen LogP contribution in [-0.4, -0.2) is 35.6 Å². The van der Waals surface area contributed by atoms with Crippen molar-refractivity contribution in [2.24, 2.45) is 0 Å². The van der Waals surface area contributed by atoms with Crippen molar-refractivity contribution in [2.45, 2.75) is 39.4 Å². The molecule has 1 heterocycles. The monoisotopic (exact) mass is 404 g/mol. The summed E-state index contributed by atoms with van der Waals surface area (Å²) >= 11 is 6.37. The molecule has 5 nitrogen and oxygen atoms in total. The number of rotatable bonds is 7.